The Kier molecular flexibility index (Phi) is 2.50. The molecule has 0 unspecified atom stereocenters. The molecule has 4 rings (SSSR count). The third-order valence-corrected chi connectivity index (χ3v) is 5.34. The number of nitrogens with zero attached hydrogens (tertiary/aromatic N) is 1. The number of hydrogen-bond donors (Lipinski definition) is 0. The van der Waals surface area contributed by atoms with E-state index in [9.17, 15) is 4.79 Å². The van der Waals surface area contributed by atoms with Gasteiger partial charge in [0.25, 0.3) is 0 Å². The normalized spacial score (nSPS) is 32.2. The monoisotopic (exact) mass is 277 g/mol. The Morgan fingerprint density at radius 3 is 2.47 bits per heavy atom. The molecule has 1 aromatic rings. The van der Waals surface area contributed by atoms with Crippen molar-refractivity contribution < 1.29 is 9.63 Å². The first-order valence-electron chi connectivity index (χ1n) is 6.69. The Morgan fingerprint density at radius 1 is 1.32 bits per heavy atom. The second kappa shape index (κ2) is 3.69. The van der Waals surface area contributed by atoms with Crippen molar-refractivity contribution in [3.8, 4) is 0 Å². The smallest absolute Gasteiger partial charge is 0.335 e. The van der Waals surface area contributed by atoms with Crippen LogP contribution in [-0.4, -0.2) is 10.7 Å². The SMILES string of the molecule is CC(C)(C)C12CC(C(=O)On3ccccc3=S)(C1)C2. The first-order chi connectivity index (χ1) is 8.78. The number of carbonyl (C=O) groups excluding carboxylic acids is 1. The summed E-state index contributed by atoms with van der Waals surface area (Å²) in [6.45, 7) is 6.78. The van der Waals surface area contributed by atoms with Crippen LogP contribution in [0.2, 0.25) is 0 Å². The number of rotatable bonds is 2. The zero-order chi connectivity index (χ0) is 13.9. The molecule has 102 valence electrons. The number of aromatic nitrogens is 1. The summed E-state index contributed by atoms with van der Waals surface area (Å²) in [5, 5.41) is 0. The molecule has 1 aromatic heterocycles. The minimum Gasteiger partial charge on any atom is -0.335 e. The van der Waals surface area contributed by atoms with Gasteiger partial charge >= 0.3 is 5.97 Å². The zero-order valence-electron chi connectivity index (χ0n) is 11.6. The van der Waals surface area contributed by atoms with Gasteiger partial charge in [0.1, 0.15) is 4.64 Å². The predicted octanol–water partition coefficient (Wildman–Crippen LogP) is 3.39. The van der Waals surface area contributed by atoms with Crippen molar-refractivity contribution >= 4 is 18.2 Å². The third-order valence-electron chi connectivity index (χ3n) is 5.02. The lowest BCUT2D eigenvalue weighted by atomic mass is 9.29. The number of pyridine rings is 1. The van der Waals surface area contributed by atoms with Gasteiger partial charge in [0.05, 0.1) is 5.41 Å². The van der Waals surface area contributed by atoms with Crippen LogP contribution >= 0.6 is 12.2 Å². The summed E-state index contributed by atoms with van der Waals surface area (Å²) in [7, 11) is 0. The van der Waals surface area contributed by atoms with E-state index in [1.807, 2.05) is 12.1 Å². The Bertz CT molecular complexity index is 577. The van der Waals surface area contributed by atoms with E-state index < -0.39 is 0 Å². The molecule has 19 heavy (non-hydrogen) atoms. The average Bonchev–Trinajstić information content (AvgIpc) is 2.14. The first kappa shape index (κ1) is 12.9. The quantitative estimate of drug-likeness (QED) is 0.776. The van der Waals surface area contributed by atoms with Gasteiger partial charge in [-0.2, -0.15) is 4.73 Å². The highest BCUT2D eigenvalue weighted by atomic mass is 32.1. The van der Waals surface area contributed by atoms with Crippen LogP contribution in [0.5, 0.6) is 0 Å². The summed E-state index contributed by atoms with van der Waals surface area (Å²) in [5.41, 5.74) is 0.389. The van der Waals surface area contributed by atoms with Crippen molar-refractivity contribution in [2.24, 2.45) is 16.2 Å². The van der Waals surface area contributed by atoms with Crippen LogP contribution in [0.1, 0.15) is 40.0 Å². The highest BCUT2D eigenvalue weighted by molar-refractivity contribution is 7.71. The summed E-state index contributed by atoms with van der Waals surface area (Å²) < 4.78 is 1.91. The molecule has 4 heteroatoms. The van der Waals surface area contributed by atoms with E-state index in [1.165, 1.54) is 4.73 Å². The van der Waals surface area contributed by atoms with Crippen LogP contribution in [0.15, 0.2) is 24.4 Å². The fourth-order valence-corrected chi connectivity index (χ4v) is 3.65. The molecule has 2 bridgehead atoms. The van der Waals surface area contributed by atoms with Gasteiger partial charge < -0.3 is 4.84 Å². The molecular weight excluding hydrogens is 258 g/mol. The average molecular weight is 277 g/mol. The third kappa shape index (κ3) is 1.69. The van der Waals surface area contributed by atoms with E-state index in [-0.39, 0.29) is 16.8 Å². The molecule has 0 aromatic carbocycles. The van der Waals surface area contributed by atoms with Gasteiger partial charge in [0.2, 0.25) is 0 Å². The molecule has 0 saturated heterocycles. The fourth-order valence-electron chi connectivity index (χ4n) is 3.47. The molecule has 0 aliphatic heterocycles. The van der Waals surface area contributed by atoms with E-state index in [0.717, 1.165) is 19.3 Å². The Hall–Kier alpha value is -1.16. The van der Waals surface area contributed by atoms with Crippen LogP contribution in [0.25, 0.3) is 0 Å². The van der Waals surface area contributed by atoms with E-state index in [1.54, 1.807) is 12.3 Å². The van der Waals surface area contributed by atoms with Crippen molar-refractivity contribution in [2.45, 2.75) is 40.0 Å². The summed E-state index contributed by atoms with van der Waals surface area (Å²) in [6, 6.07) is 5.39. The summed E-state index contributed by atoms with van der Waals surface area (Å²) >= 11 is 5.13. The van der Waals surface area contributed by atoms with Crippen molar-refractivity contribution in [2.75, 3.05) is 0 Å². The Morgan fingerprint density at radius 2 is 1.95 bits per heavy atom. The topological polar surface area (TPSA) is 31.2 Å². The van der Waals surface area contributed by atoms with Crippen LogP contribution in [-0.2, 0) is 4.79 Å². The van der Waals surface area contributed by atoms with E-state index >= 15 is 0 Å². The summed E-state index contributed by atoms with van der Waals surface area (Å²) in [4.78, 5) is 17.7. The molecule has 3 nitrogen and oxygen atoms in total. The van der Waals surface area contributed by atoms with Gasteiger partial charge in [-0.15, -0.1) is 0 Å². The van der Waals surface area contributed by atoms with E-state index in [2.05, 4.69) is 20.8 Å². The molecule has 3 aliphatic carbocycles. The molecule has 3 aliphatic rings. The molecule has 0 amide bonds. The minimum atomic E-state index is -0.238. The van der Waals surface area contributed by atoms with Crippen molar-refractivity contribution in [1.29, 1.82) is 0 Å². The Labute approximate surface area is 118 Å². The van der Waals surface area contributed by atoms with Gasteiger partial charge in [-0.05, 0) is 42.2 Å². The van der Waals surface area contributed by atoms with Crippen LogP contribution in [0.3, 0.4) is 0 Å². The van der Waals surface area contributed by atoms with Crippen LogP contribution in [0.4, 0.5) is 0 Å². The summed E-state index contributed by atoms with van der Waals surface area (Å²) in [6.07, 6.45) is 4.57. The number of carbonyl (C=O) groups is 1. The molecule has 0 N–H and O–H groups in total. The molecule has 0 radical (unpaired) electrons. The number of hydrogen-bond acceptors (Lipinski definition) is 3. The molecule has 0 spiro atoms. The van der Waals surface area contributed by atoms with Gasteiger partial charge in [0, 0.05) is 6.20 Å². The largest absolute Gasteiger partial charge is 0.339 e. The van der Waals surface area contributed by atoms with E-state index in [4.69, 9.17) is 17.1 Å². The second-order valence-corrected chi connectivity index (χ2v) is 7.50. The molecule has 3 fully saturated rings. The van der Waals surface area contributed by atoms with Crippen molar-refractivity contribution in [3.05, 3.63) is 29.0 Å². The predicted molar refractivity (Wildman–Crippen MR) is 75.0 cm³/mol. The molecule has 1 heterocycles. The standard InChI is InChI=1S/C15H19NO2S/c1-13(2,3)15-8-14(9-15,10-15)12(17)18-16-7-5-4-6-11(16)19/h4-7H,8-10H2,1-3H3. The summed E-state index contributed by atoms with van der Waals surface area (Å²) in [5.74, 6) is -0.124. The zero-order valence-corrected chi connectivity index (χ0v) is 12.4. The lowest BCUT2D eigenvalue weighted by molar-refractivity contribution is -0.262. The second-order valence-electron chi connectivity index (χ2n) is 7.08. The highest BCUT2D eigenvalue weighted by Gasteiger charge is 2.75. The molecule has 3 saturated carbocycles. The maximum Gasteiger partial charge on any atom is 0.339 e. The molecular formula is C15H19NO2S. The van der Waals surface area contributed by atoms with Gasteiger partial charge in [-0.3, -0.25) is 0 Å². The lowest BCUT2D eigenvalue weighted by Crippen LogP contribution is -2.71. The van der Waals surface area contributed by atoms with Crippen LogP contribution < -0.4 is 4.84 Å². The maximum atomic E-state index is 12.3. The van der Waals surface area contributed by atoms with Gasteiger partial charge in [0.15, 0.2) is 0 Å². The van der Waals surface area contributed by atoms with E-state index in [0.29, 0.717) is 10.1 Å². The lowest BCUT2D eigenvalue weighted by Gasteiger charge is -2.73. The Balaban J connectivity index is 1.70. The van der Waals surface area contributed by atoms with Crippen molar-refractivity contribution in [3.63, 3.8) is 0 Å². The minimum absolute atomic E-state index is 0.124. The van der Waals surface area contributed by atoms with Gasteiger partial charge in [-0.25, -0.2) is 4.79 Å². The van der Waals surface area contributed by atoms with Crippen molar-refractivity contribution in [1.82, 2.24) is 4.73 Å². The molecule has 0 atom stereocenters. The van der Waals surface area contributed by atoms with Crippen LogP contribution in [0, 0.1) is 20.9 Å². The van der Waals surface area contributed by atoms with Gasteiger partial charge in [-0.1, -0.05) is 39.1 Å². The first-order valence-corrected chi connectivity index (χ1v) is 7.09. The highest BCUT2D eigenvalue weighted by Crippen LogP contribution is 2.79. The fraction of sp³-hybridized carbons (Fsp3) is 0.600. The maximum absolute atomic E-state index is 12.3.